The van der Waals surface area contributed by atoms with E-state index in [1.165, 1.54) is 24.3 Å². The Bertz CT molecular complexity index is 1090. The molecule has 0 spiro atoms. The lowest BCUT2D eigenvalue weighted by molar-refractivity contribution is -0.158. The Labute approximate surface area is 191 Å². The van der Waals surface area contributed by atoms with Crippen molar-refractivity contribution in [2.24, 2.45) is 5.92 Å². The van der Waals surface area contributed by atoms with Gasteiger partial charge in [0.05, 0.1) is 0 Å². The van der Waals surface area contributed by atoms with Crippen LogP contribution in [0.5, 0.6) is 0 Å². The zero-order valence-electron chi connectivity index (χ0n) is 18.3. The number of carbonyl (C=O) groups is 3. The fourth-order valence-corrected chi connectivity index (χ4v) is 3.16. The van der Waals surface area contributed by atoms with Crippen LogP contribution >= 0.6 is 0 Å². The molecule has 0 saturated carbocycles. The van der Waals surface area contributed by atoms with Gasteiger partial charge in [0.15, 0.2) is 12.1 Å². The van der Waals surface area contributed by atoms with Gasteiger partial charge in [0, 0.05) is 11.3 Å². The summed E-state index contributed by atoms with van der Waals surface area (Å²) >= 11 is 0. The molecule has 0 fully saturated rings. The highest BCUT2D eigenvalue weighted by atomic mass is 19.1. The van der Waals surface area contributed by atoms with Gasteiger partial charge >= 0.3 is 5.97 Å². The van der Waals surface area contributed by atoms with Crippen LogP contribution in [0.15, 0.2) is 84.9 Å². The minimum atomic E-state index is -1.12. The summed E-state index contributed by atoms with van der Waals surface area (Å²) in [5.41, 5.74) is 1.29. The van der Waals surface area contributed by atoms with Crippen molar-refractivity contribution in [2.75, 3.05) is 5.32 Å². The van der Waals surface area contributed by atoms with Crippen molar-refractivity contribution < 1.29 is 23.5 Å². The second-order valence-electron chi connectivity index (χ2n) is 7.78. The number of esters is 1. The van der Waals surface area contributed by atoms with Crippen molar-refractivity contribution in [3.63, 3.8) is 0 Å². The van der Waals surface area contributed by atoms with Gasteiger partial charge < -0.3 is 15.4 Å². The van der Waals surface area contributed by atoms with Crippen molar-refractivity contribution in [3.05, 3.63) is 102 Å². The minimum Gasteiger partial charge on any atom is -0.450 e. The van der Waals surface area contributed by atoms with Crippen LogP contribution in [0.1, 0.15) is 35.8 Å². The van der Waals surface area contributed by atoms with Gasteiger partial charge in [0.2, 0.25) is 0 Å². The molecule has 0 saturated heterocycles. The van der Waals surface area contributed by atoms with Crippen LogP contribution in [0.4, 0.5) is 10.1 Å². The van der Waals surface area contributed by atoms with Gasteiger partial charge in [-0.1, -0.05) is 62.4 Å². The summed E-state index contributed by atoms with van der Waals surface area (Å²) in [4.78, 5) is 38.7. The number of amides is 2. The highest BCUT2D eigenvalue weighted by molar-refractivity contribution is 5.98. The Hall–Kier alpha value is -4.00. The largest absolute Gasteiger partial charge is 0.450 e. The maximum atomic E-state index is 13.2. The molecule has 0 unspecified atom stereocenters. The molecular weight excluding hydrogens is 423 g/mol. The van der Waals surface area contributed by atoms with E-state index in [1.54, 1.807) is 74.5 Å². The highest BCUT2D eigenvalue weighted by Crippen LogP contribution is 2.20. The fourth-order valence-electron chi connectivity index (χ4n) is 3.16. The molecule has 170 valence electrons. The van der Waals surface area contributed by atoms with Crippen molar-refractivity contribution in [3.8, 4) is 0 Å². The zero-order chi connectivity index (χ0) is 23.8. The van der Waals surface area contributed by atoms with Crippen LogP contribution in [0.25, 0.3) is 0 Å². The number of nitrogens with one attached hydrogen (secondary N) is 2. The monoisotopic (exact) mass is 448 g/mol. The number of carbonyl (C=O) groups excluding carboxylic acids is 3. The Balaban J connectivity index is 1.79. The maximum Gasteiger partial charge on any atom is 0.334 e. The van der Waals surface area contributed by atoms with Crippen molar-refractivity contribution >= 4 is 23.5 Å². The second-order valence-corrected chi connectivity index (χ2v) is 7.78. The molecule has 0 aliphatic heterocycles. The summed E-state index contributed by atoms with van der Waals surface area (Å²) < 4.78 is 18.7. The lowest BCUT2D eigenvalue weighted by Crippen LogP contribution is -2.41. The van der Waals surface area contributed by atoms with Gasteiger partial charge in [-0.3, -0.25) is 9.59 Å². The first-order valence-corrected chi connectivity index (χ1v) is 10.5. The molecular formula is C26H25FN2O4. The molecule has 3 aromatic rings. The normalized spacial score (nSPS) is 12.5. The number of benzene rings is 3. The van der Waals surface area contributed by atoms with E-state index in [2.05, 4.69) is 10.6 Å². The Morgan fingerprint density at radius 1 is 0.818 bits per heavy atom. The van der Waals surface area contributed by atoms with E-state index in [4.69, 9.17) is 4.74 Å². The van der Waals surface area contributed by atoms with Gasteiger partial charge in [-0.2, -0.15) is 0 Å². The Morgan fingerprint density at radius 2 is 1.39 bits per heavy atom. The van der Waals surface area contributed by atoms with Gasteiger partial charge in [0.25, 0.3) is 11.8 Å². The van der Waals surface area contributed by atoms with E-state index >= 15 is 0 Å². The third-order valence-corrected chi connectivity index (χ3v) is 4.90. The molecule has 33 heavy (non-hydrogen) atoms. The molecule has 2 atom stereocenters. The van der Waals surface area contributed by atoms with Crippen LogP contribution in [0, 0.1) is 11.7 Å². The molecule has 0 aliphatic rings. The predicted molar refractivity (Wildman–Crippen MR) is 123 cm³/mol. The summed E-state index contributed by atoms with van der Waals surface area (Å²) in [6.07, 6.45) is -1.12. The van der Waals surface area contributed by atoms with E-state index in [9.17, 15) is 18.8 Å². The number of anilines is 1. The summed E-state index contributed by atoms with van der Waals surface area (Å²) in [5, 5.41) is 5.33. The second kappa shape index (κ2) is 11.0. The van der Waals surface area contributed by atoms with Gasteiger partial charge in [-0.25, -0.2) is 9.18 Å². The summed E-state index contributed by atoms with van der Waals surface area (Å²) in [5.74, 6) is -2.54. The smallest absolute Gasteiger partial charge is 0.334 e. The van der Waals surface area contributed by atoms with Crippen LogP contribution in [-0.4, -0.2) is 23.9 Å². The molecule has 0 radical (unpaired) electrons. The summed E-state index contributed by atoms with van der Waals surface area (Å²) in [7, 11) is 0. The molecule has 7 heteroatoms. The lowest BCUT2D eigenvalue weighted by Gasteiger charge is -2.24. The van der Waals surface area contributed by atoms with Crippen molar-refractivity contribution in [1.82, 2.24) is 5.32 Å². The fraction of sp³-hybridized carbons (Fsp3) is 0.192. The Morgan fingerprint density at radius 3 is 1.97 bits per heavy atom. The van der Waals surface area contributed by atoms with Crippen LogP contribution in [0.3, 0.4) is 0 Å². The van der Waals surface area contributed by atoms with Gasteiger partial charge in [0.1, 0.15) is 5.82 Å². The standard InChI is InChI=1S/C26H25FN2O4/c1-17(2)23(25(31)28-21-15-13-20(27)14-16-21)33-26(32)22(18-9-5-3-6-10-18)29-24(30)19-11-7-4-8-12-19/h3-17,22-23H,1-2H3,(H,28,31)(H,29,30)/t22-,23+/m0/s1. The van der Waals surface area contributed by atoms with Gasteiger partial charge in [-0.15, -0.1) is 0 Å². The summed E-state index contributed by atoms with van der Waals surface area (Å²) in [6, 6.07) is 21.3. The molecule has 6 nitrogen and oxygen atoms in total. The van der Waals surface area contributed by atoms with E-state index in [0.717, 1.165) is 0 Å². The summed E-state index contributed by atoms with van der Waals surface area (Å²) in [6.45, 7) is 3.48. The van der Waals surface area contributed by atoms with Crippen molar-refractivity contribution in [1.29, 1.82) is 0 Å². The van der Waals surface area contributed by atoms with Gasteiger partial charge in [-0.05, 0) is 47.9 Å². The Kier molecular flexibility index (Phi) is 7.91. The van der Waals surface area contributed by atoms with E-state index in [0.29, 0.717) is 16.8 Å². The van der Waals surface area contributed by atoms with E-state index < -0.39 is 35.7 Å². The first-order chi connectivity index (χ1) is 15.8. The average molecular weight is 448 g/mol. The third-order valence-electron chi connectivity index (χ3n) is 4.90. The molecule has 0 aliphatic carbocycles. The number of halogens is 1. The molecule has 0 bridgehead atoms. The number of hydrogen-bond acceptors (Lipinski definition) is 4. The molecule has 0 aromatic heterocycles. The van der Waals surface area contributed by atoms with Crippen LogP contribution < -0.4 is 10.6 Å². The number of hydrogen-bond donors (Lipinski definition) is 2. The minimum absolute atomic E-state index is 0.351. The molecule has 3 aromatic carbocycles. The van der Waals surface area contributed by atoms with Crippen LogP contribution in [0.2, 0.25) is 0 Å². The quantitative estimate of drug-likeness (QED) is 0.497. The first kappa shape index (κ1) is 23.7. The SMILES string of the molecule is CC(C)[C@@H](OC(=O)[C@@H](NC(=O)c1ccccc1)c1ccccc1)C(=O)Nc1ccc(F)cc1. The molecule has 3 rings (SSSR count). The highest BCUT2D eigenvalue weighted by Gasteiger charge is 2.32. The molecule has 2 N–H and O–H groups in total. The first-order valence-electron chi connectivity index (χ1n) is 10.5. The zero-order valence-corrected chi connectivity index (χ0v) is 18.3. The predicted octanol–water partition coefficient (Wildman–Crippen LogP) is 4.50. The molecule has 0 heterocycles. The van der Waals surface area contributed by atoms with E-state index in [-0.39, 0.29) is 5.92 Å². The number of rotatable bonds is 8. The molecule has 2 amide bonds. The number of ether oxygens (including phenoxy) is 1. The maximum absolute atomic E-state index is 13.2. The lowest BCUT2D eigenvalue weighted by atomic mass is 10.0. The third kappa shape index (κ3) is 6.49. The van der Waals surface area contributed by atoms with E-state index in [1.807, 2.05) is 0 Å². The topological polar surface area (TPSA) is 84.5 Å². The van der Waals surface area contributed by atoms with Crippen molar-refractivity contribution in [2.45, 2.75) is 26.0 Å². The average Bonchev–Trinajstić information content (AvgIpc) is 2.83. The van der Waals surface area contributed by atoms with Crippen LogP contribution in [-0.2, 0) is 14.3 Å².